The first-order valence-electron chi connectivity index (χ1n) is 16.1. The molecular weight excluding hydrogens is 604 g/mol. The summed E-state index contributed by atoms with van der Waals surface area (Å²) in [5, 5.41) is 66.3. The van der Waals surface area contributed by atoms with Crippen molar-refractivity contribution in [1.82, 2.24) is 10.6 Å². The van der Waals surface area contributed by atoms with E-state index in [1.807, 2.05) is 45.0 Å². The van der Waals surface area contributed by atoms with Gasteiger partial charge in [-0.2, -0.15) is 0 Å². The van der Waals surface area contributed by atoms with Crippen LogP contribution in [0.15, 0.2) is 36.4 Å². The van der Waals surface area contributed by atoms with E-state index in [2.05, 4.69) is 10.6 Å². The predicted octanol–water partition coefficient (Wildman–Crippen LogP) is 2.36. The average Bonchev–Trinajstić information content (AvgIpc) is 3.00. The van der Waals surface area contributed by atoms with Crippen LogP contribution in [-0.4, -0.2) is 92.2 Å². The second kappa shape index (κ2) is 15.7. The van der Waals surface area contributed by atoms with Gasteiger partial charge in [-0.05, 0) is 93.3 Å². The number of aryl methyl sites for hydroxylation is 1. The smallest absolute Gasteiger partial charge is 0.245 e. The highest BCUT2D eigenvalue weighted by Gasteiger charge is 2.45. The standard InChI is InChI=1S/C36H52N2O9/c1-20(2)25-18-27(41)26(32-31(44)30(43)29(42)28(19-40)47-32)17-24(25)16-23-10-9-22(15-21(23)3)11-12-35(4,5)33(45)38-36(6,7)34(46)37-13-8-14-39/h9-12,15,17-18,20,28-32,39-44H,8,13-14,16,19H2,1-7H3,(H,37,46)(H,38,45)/b12-11+/t28-,29-,30+,31-,32+/m1/s1. The molecule has 1 aliphatic heterocycles. The average molecular weight is 657 g/mol. The third kappa shape index (κ3) is 9.19. The highest BCUT2D eigenvalue weighted by atomic mass is 16.5. The Morgan fingerprint density at radius 2 is 1.64 bits per heavy atom. The minimum atomic E-state index is -1.56. The molecule has 1 heterocycles. The maximum atomic E-state index is 13.1. The zero-order valence-electron chi connectivity index (χ0n) is 28.4. The Morgan fingerprint density at radius 1 is 0.957 bits per heavy atom. The van der Waals surface area contributed by atoms with Gasteiger partial charge in [0.1, 0.15) is 41.8 Å². The van der Waals surface area contributed by atoms with Gasteiger partial charge in [0.2, 0.25) is 11.8 Å². The molecule has 0 saturated carbocycles. The zero-order valence-corrected chi connectivity index (χ0v) is 28.4. The zero-order chi connectivity index (χ0) is 35.3. The van der Waals surface area contributed by atoms with Crippen LogP contribution in [0.3, 0.4) is 0 Å². The van der Waals surface area contributed by atoms with Gasteiger partial charge in [0, 0.05) is 18.7 Å². The minimum absolute atomic E-state index is 0.0341. The Balaban J connectivity index is 1.82. The first-order valence-corrected chi connectivity index (χ1v) is 16.1. The van der Waals surface area contributed by atoms with Crippen LogP contribution in [0.25, 0.3) is 6.08 Å². The molecule has 0 spiro atoms. The molecule has 0 aliphatic carbocycles. The molecule has 1 aliphatic rings. The highest BCUT2D eigenvalue weighted by molar-refractivity contribution is 5.93. The van der Waals surface area contributed by atoms with Gasteiger partial charge in [0.15, 0.2) is 0 Å². The molecule has 1 saturated heterocycles. The fourth-order valence-corrected chi connectivity index (χ4v) is 5.56. The largest absolute Gasteiger partial charge is 0.508 e. The van der Waals surface area contributed by atoms with Crippen molar-refractivity contribution in [3.63, 3.8) is 0 Å². The van der Waals surface area contributed by atoms with Crippen LogP contribution in [0.2, 0.25) is 0 Å². The second-order valence-corrected chi connectivity index (χ2v) is 13.8. The number of aliphatic hydroxyl groups is 5. The monoisotopic (exact) mass is 656 g/mol. The molecule has 0 bridgehead atoms. The van der Waals surface area contributed by atoms with Crippen LogP contribution in [0, 0.1) is 12.3 Å². The molecule has 3 rings (SSSR count). The van der Waals surface area contributed by atoms with E-state index in [1.165, 1.54) is 0 Å². The van der Waals surface area contributed by atoms with Crippen LogP contribution in [0.4, 0.5) is 0 Å². The van der Waals surface area contributed by atoms with Crippen LogP contribution < -0.4 is 10.6 Å². The van der Waals surface area contributed by atoms with Crippen molar-refractivity contribution in [2.24, 2.45) is 5.41 Å². The lowest BCUT2D eigenvalue weighted by Crippen LogP contribution is -2.57. The summed E-state index contributed by atoms with van der Waals surface area (Å²) >= 11 is 0. The number of hydrogen-bond acceptors (Lipinski definition) is 9. The number of nitrogens with one attached hydrogen (secondary N) is 2. The molecule has 260 valence electrons. The summed E-state index contributed by atoms with van der Waals surface area (Å²) in [7, 11) is 0. The number of ether oxygens (including phenoxy) is 1. The van der Waals surface area contributed by atoms with E-state index in [4.69, 9.17) is 9.84 Å². The Kier molecular flexibility index (Phi) is 12.8. The van der Waals surface area contributed by atoms with E-state index >= 15 is 0 Å². The number of aliphatic hydroxyl groups excluding tert-OH is 5. The van der Waals surface area contributed by atoms with Crippen molar-refractivity contribution in [2.75, 3.05) is 19.8 Å². The molecular formula is C36H52N2O9. The topological polar surface area (TPSA) is 189 Å². The van der Waals surface area contributed by atoms with Crippen LogP contribution in [0.5, 0.6) is 5.75 Å². The van der Waals surface area contributed by atoms with Crippen molar-refractivity contribution in [3.8, 4) is 5.75 Å². The third-order valence-electron chi connectivity index (χ3n) is 8.75. The SMILES string of the molecule is Cc1cc(/C=C/C(C)(C)C(=O)NC(C)(C)C(=O)NCCCO)ccc1Cc1cc([C@@H]2O[C@H](CO)[C@@H](O)[C@H](O)[C@H]2O)c(O)cc1C(C)C. The van der Waals surface area contributed by atoms with Gasteiger partial charge >= 0.3 is 0 Å². The molecule has 2 aromatic carbocycles. The number of amides is 2. The number of phenolic OH excluding ortho intramolecular Hbond substituents is 1. The fourth-order valence-electron chi connectivity index (χ4n) is 5.56. The Bertz CT molecular complexity index is 1430. The summed E-state index contributed by atoms with van der Waals surface area (Å²) < 4.78 is 5.74. The van der Waals surface area contributed by atoms with Crippen molar-refractivity contribution in [2.45, 2.75) is 103 Å². The summed E-state index contributed by atoms with van der Waals surface area (Å²) in [4.78, 5) is 25.7. The molecule has 2 aromatic rings. The molecule has 5 atom stereocenters. The summed E-state index contributed by atoms with van der Waals surface area (Å²) in [6.45, 7) is 12.5. The summed E-state index contributed by atoms with van der Waals surface area (Å²) in [5.41, 5.74) is 2.87. The van der Waals surface area contributed by atoms with E-state index in [-0.39, 0.29) is 35.7 Å². The van der Waals surface area contributed by atoms with Crippen molar-refractivity contribution in [1.29, 1.82) is 0 Å². The molecule has 0 aromatic heterocycles. The maximum Gasteiger partial charge on any atom is 0.245 e. The van der Waals surface area contributed by atoms with E-state index in [0.717, 1.165) is 27.8 Å². The number of carbonyl (C=O) groups is 2. The molecule has 0 unspecified atom stereocenters. The molecule has 8 N–H and O–H groups in total. The number of phenols is 1. The van der Waals surface area contributed by atoms with Crippen molar-refractivity contribution in [3.05, 3.63) is 69.8 Å². The van der Waals surface area contributed by atoms with Gasteiger partial charge in [0.05, 0.1) is 12.0 Å². The lowest BCUT2D eigenvalue weighted by molar-refractivity contribution is -0.232. The molecule has 0 radical (unpaired) electrons. The summed E-state index contributed by atoms with van der Waals surface area (Å²) in [5.74, 6) is -0.698. The Hall–Kier alpha value is -3.32. The van der Waals surface area contributed by atoms with E-state index in [1.54, 1.807) is 45.9 Å². The van der Waals surface area contributed by atoms with Gasteiger partial charge in [-0.15, -0.1) is 0 Å². The Morgan fingerprint density at radius 3 is 2.23 bits per heavy atom. The molecule has 2 amide bonds. The summed E-state index contributed by atoms with van der Waals surface area (Å²) in [6, 6.07) is 9.33. The van der Waals surface area contributed by atoms with Crippen LogP contribution in [-0.2, 0) is 20.7 Å². The lowest BCUT2D eigenvalue weighted by Gasteiger charge is -2.40. The molecule has 47 heavy (non-hydrogen) atoms. The van der Waals surface area contributed by atoms with Crippen LogP contribution in [0.1, 0.15) is 93.4 Å². The minimum Gasteiger partial charge on any atom is -0.508 e. The highest BCUT2D eigenvalue weighted by Crippen LogP contribution is 2.40. The van der Waals surface area contributed by atoms with Gasteiger partial charge in [-0.1, -0.05) is 44.2 Å². The molecule has 11 nitrogen and oxygen atoms in total. The summed E-state index contributed by atoms with van der Waals surface area (Å²) in [6.07, 6.45) is -2.26. The van der Waals surface area contributed by atoms with E-state index in [9.17, 15) is 35.1 Å². The number of hydrogen-bond donors (Lipinski definition) is 8. The number of benzene rings is 2. The van der Waals surface area contributed by atoms with Gasteiger partial charge in [-0.3, -0.25) is 9.59 Å². The normalized spacial score (nSPS) is 22.1. The van der Waals surface area contributed by atoms with Gasteiger partial charge < -0.3 is 46.0 Å². The first-order chi connectivity index (χ1) is 21.9. The first kappa shape index (κ1) is 38.1. The lowest BCUT2D eigenvalue weighted by atomic mass is 9.85. The van der Waals surface area contributed by atoms with Gasteiger partial charge in [0.25, 0.3) is 0 Å². The molecule has 1 fully saturated rings. The predicted molar refractivity (Wildman–Crippen MR) is 179 cm³/mol. The van der Waals surface area contributed by atoms with E-state index in [0.29, 0.717) is 19.4 Å². The van der Waals surface area contributed by atoms with Crippen molar-refractivity contribution >= 4 is 17.9 Å². The van der Waals surface area contributed by atoms with Crippen LogP contribution >= 0.6 is 0 Å². The quantitative estimate of drug-likeness (QED) is 0.150. The van der Waals surface area contributed by atoms with E-state index < -0.39 is 48.1 Å². The third-order valence-corrected chi connectivity index (χ3v) is 8.75. The van der Waals surface area contributed by atoms with Crippen molar-refractivity contribution < 1.29 is 45.0 Å². The number of carbonyl (C=O) groups excluding carboxylic acids is 2. The van der Waals surface area contributed by atoms with Gasteiger partial charge in [-0.25, -0.2) is 0 Å². The molecule has 11 heteroatoms. The fraction of sp³-hybridized carbons (Fsp3) is 0.556. The Labute approximate surface area is 277 Å². The maximum absolute atomic E-state index is 13.1. The number of rotatable bonds is 13. The second-order valence-electron chi connectivity index (χ2n) is 13.8. The number of aromatic hydroxyl groups is 1.